The molecule has 1 aliphatic heterocycles. The van der Waals surface area contributed by atoms with Gasteiger partial charge in [0.25, 0.3) is 5.91 Å². The number of hydrogen-bond donors (Lipinski definition) is 1. The van der Waals surface area contributed by atoms with E-state index in [-0.39, 0.29) is 23.5 Å². The summed E-state index contributed by atoms with van der Waals surface area (Å²) in [7, 11) is 0. The molecule has 1 aliphatic carbocycles. The average molecular weight is 453 g/mol. The van der Waals surface area contributed by atoms with Crippen LogP contribution in [0, 0.1) is 17.7 Å². The summed E-state index contributed by atoms with van der Waals surface area (Å²) in [6.07, 6.45) is 2.89. The van der Waals surface area contributed by atoms with Crippen molar-refractivity contribution in [2.24, 2.45) is 11.8 Å². The lowest BCUT2D eigenvalue weighted by Gasteiger charge is -2.38. The minimum atomic E-state index is -0.628. The maximum atomic E-state index is 14.1. The monoisotopic (exact) mass is 452 g/mol. The standard InChI is InChI=1S/C27H33FN2O3/c1-17(2)13-25(31)30-12-11-20-9-10-23(33-18(3)27(32)29-16-19-7-8-19)15-24(20)26(30)21-5-4-6-22(28)14-21/h4-6,9-10,14-15,17-19,26H,7-8,11-13,16H2,1-3H3,(H,29,32)/t18-,26-/m0/s1. The third kappa shape index (κ3) is 5.73. The zero-order valence-corrected chi connectivity index (χ0v) is 19.6. The molecule has 0 aromatic heterocycles. The van der Waals surface area contributed by atoms with Crippen LogP contribution in [0.4, 0.5) is 4.39 Å². The van der Waals surface area contributed by atoms with E-state index in [0.717, 1.165) is 23.1 Å². The van der Waals surface area contributed by atoms with Crippen LogP contribution in [0.15, 0.2) is 42.5 Å². The van der Waals surface area contributed by atoms with Gasteiger partial charge < -0.3 is 15.0 Å². The van der Waals surface area contributed by atoms with E-state index >= 15 is 0 Å². The molecule has 2 atom stereocenters. The molecule has 4 rings (SSSR count). The largest absolute Gasteiger partial charge is 0.481 e. The molecule has 0 unspecified atom stereocenters. The number of benzene rings is 2. The van der Waals surface area contributed by atoms with E-state index in [1.807, 2.05) is 43.0 Å². The van der Waals surface area contributed by atoms with E-state index in [9.17, 15) is 14.0 Å². The zero-order valence-electron chi connectivity index (χ0n) is 19.6. The number of rotatable bonds is 8. The van der Waals surface area contributed by atoms with Gasteiger partial charge in [0.1, 0.15) is 11.6 Å². The summed E-state index contributed by atoms with van der Waals surface area (Å²) in [5, 5.41) is 2.95. The van der Waals surface area contributed by atoms with Gasteiger partial charge in [-0.05, 0) is 79.0 Å². The summed E-state index contributed by atoms with van der Waals surface area (Å²) in [5.41, 5.74) is 2.77. The molecule has 2 aromatic carbocycles. The molecule has 2 aliphatic rings. The van der Waals surface area contributed by atoms with Gasteiger partial charge in [-0.3, -0.25) is 9.59 Å². The highest BCUT2D eigenvalue weighted by atomic mass is 19.1. The van der Waals surface area contributed by atoms with Gasteiger partial charge in [0.15, 0.2) is 6.10 Å². The number of hydrogen-bond acceptors (Lipinski definition) is 3. The summed E-state index contributed by atoms with van der Waals surface area (Å²) in [5.74, 6) is 1.01. The van der Waals surface area contributed by atoms with E-state index in [0.29, 0.717) is 31.2 Å². The van der Waals surface area contributed by atoms with Gasteiger partial charge in [-0.25, -0.2) is 4.39 Å². The van der Waals surface area contributed by atoms with Gasteiger partial charge in [0, 0.05) is 19.5 Å². The quantitative estimate of drug-likeness (QED) is 0.635. The first-order chi connectivity index (χ1) is 15.8. The molecule has 1 heterocycles. The molecule has 6 heteroatoms. The molecule has 176 valence electrons. The first-order valence-corrected chi connectivity index (χ1v) is 11.9. The van der Waals surface area contributed by atoms with E-state index in [1.165, 1.54) is 25.0 Å². The van der Waals surface area contributed by atoms with Crippen molar-refractivity contribution >= 4 is 11.8 Å². The summed E-state index contributed by atoms with van der Waals surface area (Å²) in [6.45, 7) is 7.07. The predicted molar refractivity (Wildman–Crippen MR) is 125 cm³/mol. The normalized spacial score (nSPS) is 18.6. The fourth-order valence-electron chi connectivity index (χ4n) is 4.41. The minimum Gasteiger partial charge on any atom is -0.481 e. The molecule has 0 radical (unpaired) electrons. The van der Waals surface area contributed by atoms with Crippen molar-refractivity contribution in [3.8, 4) is 5.75 Å². The maximum absolute atomic E-state index is 14.1. The third-order valence-corrected chi connectivity index (χ3v) is 6.36. The summed E-state index contributed by atoms with van der Waals surface area (Å²) < 4.78 is 20.1. The van der Waals surface area contributed by atoms with Crippen LogP contribution in [0.3, 0.4) is 0 Å². The number of nitrogens with one attached hydrogen (secondary N) is 1. The zero-order chi connectivity index (χ0) is 23.5. The first kappa shape index (κ1) is 23.3. The SMILES string of the molecule is CC(C)CC(=O)N1CCc2ccc(O[C@@H](C)C(=O)NCC3CC3)cc2[C@@H]1c1cccc(F)c1. The number of nitrogens with zero attached hydrogens (tertiary/aromatic N) is 1. The highest BCUT2D eigenvalue weighted by Crippen LogP contribution is 2.38. The lowest BCUT2D eigenvalue weighted by molar-refractivity contribution is -0.134. The molecule has 33 heavy (non-hydrogen) atoms. The van der Waals surface area contributed by atoms with Crippen molar-refractivity contribution in [1.29, 1.82) is 0 Å². The number of amides is 2. The molecule has 2 amide bonds. The Labute approximate surface area is 195 Å². The Balaban J connectivity index is 1.61. The van der Waals surface area contributed by atoms with E-state index < -0.39 is 12.1 Å². The molecule has 1 fully saturated rings. The highest BCUT2D eigenvalue weighted by Gasteiger charge is 2.33. The fourth-order valence-corrected chi connectivity index (χ4v) is 4.41. The molecule has 0 spiro atoms. The van der Waals surface area contributed by atoms with E-state index in [4.69, 9.17) is 4.74 Å². The van der Waals surface area contributed by atoms with Crippen molar-refractivity contribution in [2.45, 2.75) is 58.6 Å². The van der Waals surface area contributed by atoms with Gasteiger partial charge in [0.05, 0.1) is 6.04 Å². The summed E-state index contributed by atoms with van der Waals surface area (Å²) >= 11 is 0. The van der Waals surface area contributed by atoms with Crippen molar-refractivity contribution < 1.29 is 18.7 Å². The smallest absolute Gasteiger partial charge is 0.260 e. The van der Waals surface area contributed by atoms with Crippen LogP contribution in [-0.2, 0) is 16.0 Å². The second kappa shape index (κ2) is 9.94. The molecule has 1 saturated carbocycles. The molecule has 5 nitrogen and oxygen atoms in total. The summed E-state index contributed by atoms with van der Waals surface area (Å²) in [6, 6.07) is 11.8. The van der Waals surface area contributed by atoms with Crippen molar-refractivity contribution in [3.05, 3.63) is 65.0 Å². The van der Waals surface area contributed by atoms with Crippen LogP contribution in [0.1, 0.15) is 62.8 Å². The Hall–Kier alpha value is -2.89. The number of carbonyl (C=O) groups excluding carboxylic acids is 2. The number of halogens is 1. The van der Waals surface area contributed by atoms with Crippen LogP contribution < -0.4 is 10.1 Å². The average Bonchev–Trinajstić information content (AvgIpc) is 3.60. The van der Waals surface area contributed by atoms with E-state index in [2.05, 4.69) is 5.32 Å². The third-order valence-electron chi connectivity index (χ3n) is 6.36. The molecular weight excluding hydrogens is 419 g/mol. The summed E-state index contributed by atoms with van der Waals surface area (Å²) in [4.78, 5) is 27.4. The molecular formula is C27H33FN2O3. The Kier molecular flexibility index (Phi) is 7.01. The second-order valence-electron chi connectivity index (χ2n) is 9.70. The lowest BCUT2D eigenvalue weighted by atomic mass is 9.87. The Morgan fingerprint density at radius 3 is 2.64 bits per heavy atom. The second-order valence-corrected chi connectivity index (χ2v) is 9.70. The fraction of sp³-hybridized carbons (Fsp3) is 0.481. The molecule has 0 saturated heterocycles. The lowest BCUT2D eigenvalue weighted by Crippen LogP contribution is -2.41. The van der Waals surface area contributed by atoms with Crippen molar-refractivity contribution in [1.82, 2.24) is 10.2 Å². The maximum Gasteiger partial charge on any atom is 0.260 e. The molecule has 0 bridgehead atoms. The van der Waals surface area contributed by atoms with E-state index in [1.54, 1.807) is 13.0 Å². The van der Waals surface area contributed by atoms with Crippen LogP contribution in [0.2, 0.25) is 0 Å². The van der Waals surface area contributed by atoms with Gasteiger partial charge in [-0.1, -0.05) is 32.0 Å². The van der Waals surface area contributed by atoms with Crippen LogP contribution in [0.5, 0.6) is 5.75 Å². The Morgan fingerprint density at radius 2 is 1.94 bits per heavy atom. The Bertz CT molecular complexity index is 1020. The van der Waals surface area contributed by atoms with Gasteiger partial charge >= 0.3 is 0 Å². The van der Waals surface area contributed by atoms with Crippen molar-refractivity contribution in [3.63, 3.8) is 0 Å². The highest BCUT2D eigenvalue weighted by molar-refractivity contribution is 5.80. The van der Waals surface area contributed by atoms with Crippen LogP contribution >= 0.6 is 0 Å². The number of fused-ring (bicyclic) bond motifs is 1. The van der Waals surface area contributed by atoms with Gasteiger partial charge in [-0.15, -0.1) is 0 Å². The van der Waals surface area contributed by atoms with Crippen molar-refractivity contribution in [2.75, 3.05) is 13.1 Å². The van der Waals surface area contributed by atoms with Crippen LogP contribution in [0.25, 0.3) is 0 Å². The van der Waals surface area contributed by atoms with Crippen LogP contribution in [-0.4, -0.2) is 35.9 Å². The predicted octanol–water partition coefficient (Wildman–Crippen LogP) is 4.64. The first-order valence-electron chi connectivity index (χ1n) is 11.9. The molecule has 1 N–H and O–H groups in total. The number of ether oxygens (including phenoxy) is 1. The van der Waals surface area contributed by atoms with Gasteiger partial charge in [0.2, 0.25) is 5.91 Å². The van der Waals surface area contributed by atoms with Gasteiger partial charge in [-0.2, -0.15) is 0 Å². The topological polar surface area (TPSA) is 58.6 Å². The number of carbonyl (C=O) groups is 2. The minimum absolute atomic E-state index is 0.0593. The molecule has 2 aromatic rings. The Morgan fingerprint density at radius 1 is 1.15 bits per heavy atom.